The van der Waals surface area contributed by atoms with E-state index in [1.807, 2.05) is 11.9 Å². The molecule has 7 nitrogen and oxygen atoms in total. The smallest absolute Gasteiger partial charge is 0.315 e. The summed E-state index contributed by atoms with van der Waals surface area (Å²) in [7, 11) is 3.59. The minimum Gasteiger partial charge on any atom is -0.481 e. The van der Waals surface area contributed by atoms with Crippen molar-refractivity contribution in [2.75, 3.05) is 40.4 Å². The Morgan fingerprint density at radius 2 is 1.76 bits per heavy atom. The van der Waals surface area contributed by atoms with Gasteiger partial charge in [-0.25, -0.2) is 4.79 Å². The van der Waals surface area contributed by atoms with Crippen molar-refractivity contribution < 1.29 is 19.4 Å². The van der Waals surface area contributed by atoms with Gasteiger partial charge in [0.2, 0.25) is 0 Å². The first-order valence-corrected chi connectivity index (χ1v) is 7.01. The predicted molar refractivity (Wildman–Crippen MR) is 81.4 cm³/mol. The van der Waals surface area contributed by atoms with Crippen LogP contribution in [0.2, 0.25) is 0 Å². The summed E-state index contributed by atoms with van der Waals surface area (Å²) in [4.78, 5) is 25.2. The van der Waals surface area contributed by atoms with E-state index in [4.69, 9.17) is 4.74 Å². The van der Waals surface area contributed by atoms with E-state index in [1.165, 1.54) is 0 Å². The lowest BCUT2D eigenvalue weighted by Crippen LogP contribution is -2.59. The van der Waals surface area contributed by atoms with Crippen LogP contribution in [0.4, 0.5) is 4.79 Å². The summed E-state index contributed by atoms with van der Waals surface area (Å²) in [5.41, 5.74) is -1.94. The Morgan fingerprint density at radius 3 is 2.24 bits per heavy atom. The number of methoxy groups -OCH3 is 1. The molecule has 21 heavy (non-hydrogen) atoms. The largest absolute Gasteiger partial charge is 0.481 e. The van der Waals surface area contributed by atoms with Gasteiger partial charge in [-0.05, 0) is 34.7 Å². The van der Waals surface area contributed by atoms with Crippen LogP contribution >= 0.6 is 0 Å². The Kier molecular flexibility index (Phi) is 7.67. The summed E-state index contributed by atoms with van der Waals surface area (Å²) in [6, 6.07) is -0.366. The normalized spacial score (nSPS) is 12.3. The number of ether oxygens (including phenoxy) is 1. The Balaban J connectivity index is 4.23. The van der Waals surface area contributed by atoms with Gasteiger partial charge in [-0.15, -0.1) is 0 Å². The predicted octanol–water partition coefficient (Wildman–Crippen LogP) is 0.753. The van der Waals surface area contributed by atoms with Crippen molar-refractivity contribution in [3.63, 3.8) is 0 Å². The van der Waals surface area contributed by atoms with Crippen LogP contribution in [0.5, 0.6) is 0 Å². The van der Waals surface area contributed by atoms with Gasteiger partial charge in [-0.3, -0.25) is 4.79 Å². The summed E-state index contributed by atoms with van der Waals surface area (Å²) >= 11 is 0. The van der Waals surface area contributed by atoms with E-state index in [-0.39, 0.29) is 6.03 Å². The van der Waals surface area contributed by atoms with Gasteiger partial charge >= 0.3 is 12.0 Å². The second kappa shape index (κ2) is 8.19. The Labute approximate surface area is 127 Å². The maximum Gasteiger partial charge on any atom is 0.315 e. The number of carbonyl (C=O) groups is 2. The van der Waals surface area contributed by atoms with E-state index < -0.39 is 16.9 Å². The number of nitrogens with zero attached hydrogens (tertiary/aromatic N) is 1. The molecule has 0 spiro atoms. The van der Waals surface area contributed by atoms with Gasteiger partial charge < -0.3 is 25.4 Å². The topological polar surface area (TPSA) is 90.9 Å². The molecular formula is C14H29N3O4. The van der Waals surface area contributed by atoms with E-state index in [0.717, 1.165) is 6.54 Å². The van der Waals surface area contributed by atoms with Crippen LogP contribution in [0.25, 0.3) is 0 Å². The monoisotopic (exact) mass is 303 g/mol. The van der Waals surface area contributed by atoms with Crippen molar-refractivity contribution in [1.29, 1.82) is 0 Å². The van der Waals surface area contributed by atoms with Crippen molar-refractivity contribution in [2.24, 2.45) is 5.41 Å². The van der Waals surface area contributed by atoms with E-state index in [2.05, 4.69) is 10.6 Å². The molecule has 0 saturated heterocycles. The van der Waals surface area contributed by atoms with Gasteiger partial charge in [0.25, 0.3) is 0 Å². The second-order valence-electron chi connectivity index (χ2n) is 6.23. The van der Waals surface area contributed by atoms with E-state index in [9.17, 15) is 14.7 Å². The van der Waals surface area contributed by atoms with Gasteiger partial charge in [0.1, 0.15) is 0 Å². The molecule has 0 bridgehead atoms. The van der Waals surface area contributed by atoms with E-state index in [0.29, 0.717) is 19.7 Å². The molecule has 0 saturated carbocycles. The number of carboxylic acid groups (broad SMARTS) is 1. The molecule has 0 aliphatic carbocycles. The standard InChI is InChI=1S/C14H29N3O4/c1-13(2,11(18)19)14(3,4)16-12(20)15-7-8-17(5)9-10-21-6/h7-10H2,1-6H3,(H,18,19)(H2,15,16,20). The molecular weight excluding hydrogens is 274 g/mol. The summed E-state index contributed by atoms with van der Waals surface area (Å²) in [5, 5.41) is 14.7. The third-order valence-electron chi connectivity index (χ3n) is 3.98. The number of urea groups is 1. The van der Waals surface area contributed by atoms with Crippen molar-refractivity contribution in [3.05, 3.63) is 0 Å². The molecule has 7 heteroatoms. The molecule has 0 unspecified atom stereocenters. The fraction of sp³-hybridized carbons (Fsp3) is 0.857. The summed E-state index contributed by atoms with van der Waals surface area (Å²) < 4.78 is 4.97. The fourth-order valence-corrected chi connectivity index (χ4v) is 1.47. The molecule has 0 aliphatic heterocycles. The Bertz CT molecular complexity index is 356. The SMILES string of the molecule is COCCN(C)CCNC(=O)NC(C)(C)C(C)(C)C(=O)O. The minimum atomic E-state index is -1.07. The van der Waals surface area contributed by atoms with Crippen LogP contribution in [-0.4, -0.2) is 67.9 Å². The highest BCUT2D eigenvalue weighted by Gasteiger charge is 2.44. The first kappa shape index (κ1) is 19.7. The molecule has 0 aromatic rings. The number of carboxylic acids is 1. The molecule has 0 radical (unpaired) electrons. The lowest BCUT2D eigenvalue weighted by molar-refractivity contribution is -0.150. The number of carbonyl (C=O) groups excluding carboxylic acids is 1. The van der Waals surface area contributed by atoms with E-state index >= 15 is 0 Å². The van der Waals surface area contributed by atoms with Crippen LogP contribution in [0.15, 0.2) is 0 Å². The minimum absolute atomic E-state index is 0.366. The zero-order valence-electron chi connectivity index (χ0n) is 13.9. The molecule has 2 amide bonds. The Hall–Kier alpha value is -1.34. The number of amides is 2. The molecule has 0 aliphatic rings. The van der Waals surface area contributed by atoms with Crippen LogP contribution in [-0.2, 0) is 9.53 Å². The Morgan fingerprint density at radius 1 is 1.19 bits per heavy atom. The van der Waals surface area contributed by atoms with Gasteiger partial charge in [-0.1, -0.05) is 0 Å². The third-order valence-corrected chi connectivity index (χ3v) is 3.98. The highest BCUT2D eigenvalue weighted by atomic mass is 16.5. The lowest BCUT2D eigenvalue weighted by atomic mass is 9.74. The van der Waals surface area contributed by atoms with Crippen molar-refractivity contribution in [1.82, 2.24) is 15.5 Å². The molecule has 0 heterocycles. The van der Waals surface area contributed by atoms with Gasteiger partial charge in [0, 0.05) is 26.7 Å². The average molecular weight is 303 g/mol. The van der Waals surface area contributed by atoms with E-state index in [1.54, 1.807) is 34.8 Å². The quantitative estimate of drug-likeness (QED) is 0.585. The van der Waals surface area contributed by atoms with Gasteiger partial charge in [0.15, 0.2) is 0 Å². The zero-order valence-corrected chi connectivity index (χ0v) is 13.9. The molecule has 0 aromatic carbocycles. The molecule has 0 fully saturated rings. The average Bonchev–Trinajstić information content (AvgIpc) is 2.35. The van der Waals surface area contributed by atoms with Gasteiger partial charge in [-0.2, -0.15) is 0 Å². The number of hydrogen-bond acceptors (Lipinski definition) is 4. The zero-order chi connectivity index (χ0) is 16.7. The van der Waals surface area contributed by atoms with Crippen LogP contribution in [0, 0.1) is 5.41 Å². The number of hydrogen-bond donors (Lipinski definition) is 3. The number of aliphatic carboxylic acids is 1. The van der Waals surface area contributed by atoms with Crippen LogP contribution in [0.1, 0.15) is 27.7 Å². The van der Waals surface area contributed by atoms with Gasteiger partial charge in [0.05, 0.1) is 17.6 Å². The lowest BCUT2D eigenvalue weighted by Gasteiger charge is -2.38. The van der Waals surface area contributed by atoms with Crippen molar-refractivity contribution >= 4 is 12.0 Å². The molecule has 124 valence electrons. The molecule has 3 N–H and O–H groups in total. The number of rotatable bonds is 9. The molecule has 0 aromatic heterocycles. The summed E-state index contributed by atoms with van der Waals surface area (Å²) in [6.07, 6.45) is 0. The maximum absolute atomic E-state index is 11.9. The number of likely N-dealkylation sites (N-methyl/N-ethyl adjacent to an activating group) is 1. The summed E-state index contributed by atoms with van der Waals surface area (Å²) in [5.74, 6) is -0.952. The van der Waals surface area contributed by atoms with Crippen LogP contribution < -0.4 is 10.6 Å². The van der Waals surface area contributed by atoms with Crippen molar-refractivity contribution in [2.45, 2.75) is 33.2 Å². The van der Waals surface area contributed by atoms with Crippen molar-refractivity contribution in [3.8, 4) is 0 Å². The fourth-order valence-electron chi connectivity index (χ4n) is 1.47. The first-order valence-electron chi connectivity index (χ1n) is 7.01. The maximum atomic E-state index is 11.9. The van der Waals surface area contributed by atoms with Crippen LogP contribution in [0.3, 0.4) is 0 Å². The highest BCUT2D eigenvalue weighted by molar-refractivity contribution is 5.79. The third kappa shape index (κ3) is 6.31. The second-order valence-corrected chi connectivity index (χ2v) is 6.23. The molecule has 0 atom stereocenters. The summed E-state index contributed by atoms with van der Waals surface area (Å²) in [6.45, 7) is 9.19. The first-order chi connectivity index (χ1) is 9.54. The number of nitrogens with one attached hydrogen (secondary N) is 2. The highest BCUT2D eigenvalue weighted by Crippen LogP contribution is 2.30. The molecule has 0 rings (SSSR count).